The summed E-state index contributed by atoms with van der Waals surface area (Å²) < 4.78 is 43.7. The molecule has 0 aliphatic heterocycles. The maximum Gasteiger partial charge on any atom is 0.416 e. The number of benzene rings is 1. The molecule has 1 heterocycles. The average molecular weight is 427 g/mol. The van der Waals surface area contributed by atoms with Crippen LogP contribution in [0, 0.1) is 5.92 Å². The molecule has 2 aromatic rings. The molecule has 0 aliphatic rings. The monoisotopic (exact) mass is 426 g/mol. The first-order chi connectivity index (χ1) is 12.1. The number of halogens is 5. The third-order valence-corrected chi connectivity index (χ3v) is 4.32. The molecule has 5 nitrogen and oxygen atoms in total. The van der Waals surface area contributed by atoms with Crippen molar-refractivity contribution in [2.45, 2.75) is 45.5 Å². The molecule has 0 spiro atoms. The van der Waals surface area contributed by atoms with Gasteiger partial charge in [0.1, 0.15) is 6.04 Å². The van der Waals surface area contributed by atoms with Gasteiger partial charge in [0.05, 0.1) is 16.3 Å². The van der Waals surface area contributed by atoms with Gasteiger partial charge in [0.15, 0.2) is 5.82 Å². The van der Waals surface area contributed by atoms with Gasteiger partial charge in [0, 0.05) is 12.5 Å². The fourth-order valence-corrected chi connectivity index (χ4v) is 2.58. The summed E-state index contributed by atoms with van der Waals surface area (Å²) in [6.07, 6.45) is -3.84. The van der Waals surface area contributed by atoms with Crippen LogP contribution in [0.25, 0.3) is 0 Å². The lowest BCUT2D eigenvalue weighted by atomic mass is 10.0. The van der Waals surface area contributed by atoms with Crippen molar-refractivity contribution in [2.24, 2.45) is 5.92 Å². The normalized spacial score (nSPS) is 14.0. The van der Waals surface area contributed by atoms with Crippen molar-refractivity contribution in [3.63, 3.8) is 0 Å². The van der Waals surface area contributed by atoms with E-state index in [0.29, 0.717) is 23.8 Å². The molecule has 10 heteroatoms. The van der Waals surface area contributed by atoms with Crippen molar-refractivity contribution >= 4 is 29.7 Å². The van der Waals surface area contributed by atoms with E-state index in [2.05, 4.69) is 20.8 Å². The highest BCUT2D eigenvalue weighted by molar-refractivity contribution is 6.33. The van der Waals surface area contributed by atoms with Gasteiger partial charge in [-0.05, 0) is 38.1 Å². The maximum absolute atomic E-state index is 12.8. The summed E-state index contributed by atoms with van der Waals surface area (Å²) >= 11 is 6.03. The first-order valence-electron chi connectivity index (χ1n) is 8.24. The summed E-state index contributed by atoms with van der Waals surface area (Å²) in [6.45, 7) is 5.88. The Hall–Kier alpha value is -1.51. The van der Waals surface area contributed by atoms with Gasteiger partial charge in [-0.3, -0.25) is 0 Å². The molecule has 1 aromatic heterocycles. The van der Waals surface area contributed by atoms with E-state index < -0.39 is 11.7 Å². The largest absolute Gasteiger partial charge is 0.416 e. The number of nitrogens with zero attached hydrogens (tertiary/aromatic N) is 2. The second-order valence-corrected chi connectivity index (χ2v) is 6.91. The smallest absolute Gasteiger partial charge is 0.372 e. The Bertz CT molecular complexity index is 737. The zero-order chi connectivity index (χ0) is 19.5. The summed E-state index contributed by atoms with van der Waals surface area (Å²) in [4.78, 5) is 4.40. The van der Waals surface area contributed by atoms with Crippen molar-refractivity contribution in [3.05, 3.63) is 40.5 Å². The molecule has 0 fully saturated rings. The van der Waals surface area contributed by atoms with E-state index in [1.165, 1.54) is 6.07 Å². The van der Waals surface area contributed by atoms with E-state index in [-0.39, 0.29) is 35.4 Å². The number of anilines is 1. The summed E-state index contributed by atoms with van der Waals surface area (Å²) in [7, 11) is 1.84. The molecule has 2 N–H and O–H groups in total. The van der Waals surface area contributed by atoms with Crippen LogP contribution in [-0.2, 0) is 12.6 Å². The van der Waals surface area contributed by atoms with Crippen molar-refractivity contribution in [1.82, 2.24) is 15.5 Å². The minimum absolute atomic E-state index is 0. The molecule has 2 unspecified atom stereocenters. The van der Waals surface area contributed by atoms with Crippen molar-refractivity contribution in [3.8, 4) is 0 Å². The second kappa shape index (κ2) is 9.61. The highest BCUT2D eigenvalue weighted by Gasteiger charge is 2.31. The van der Waals surface area contributed by atoms with E-state index in [4.69, 9.17) is 16.1 Å². The van der Waals surface area contributed by atoms with Crippen molar-refractivity contribution in [2.75, 3.05) is 12.4 Å². The van der Waals surface area contributed by atoms with Crippen LogP contribution in [0.1, 0.15) is 44.1 Å². The Morgan fingerprint density at radius 2 is 1.89 bits per heavy atom. The first-order valence-corrected chi connectivity index (χ1v) is 8.62. The number of nitrogens with one attached hydrogen (secondary N) is 2. The standard InChI is InChI=1S/C17H22ClF3N4O.ClH/c1-9(2)15(16-24-14(25-26-16)7-10(3)22-4)23-13-6-5-11(8-12(13)18)17(19,20)21;/h5-6,8-10,15,22-23H,7H2,1-4H3;1H. The predicted molar refractivity (Wildman–Crippen MR) is 101 cm³/mol. The van der Waals surface area contributed by atoms with Gasteiger partial charge in [-0.2, -0.15) is 18.2 Å². The molecule has 2 atom stereocenters. The molecular formula is C17H23Cl2F3N4O. The minimum Gasteiger partial charge on any atom is -0.372 e. The van der Waals surface area contributed by atoms with E-state index in [0.717, 1.165) is 12.1 Å². The van der Waals surface area contributed by atoms with E-state index in [9.17, 15) is 13.2 Å². The average Bonchev–Trinajstić information content (AvgIpc) is 3.00. The molecule has 2 rings (SSSR count). The summed E-state index contributed by atoms with van der Waals surface area (Å²) in [5, 5.41) is 10.2. The number of hydrogen-bond acceptors (Lipinski definition) is 5. The van der Waals surface area contributed by atoms with E-state index in [1.54, 1.807) is 0 Å². The van der Waals surface area contributed by atoms with Crippen LogP contribution in [-0.4, -0.2) is 23.2 Å². The fraction of sp³-hybridized carbons (Fsp3) is 0.529. The van der Waals surface area contributed by atoms with Crippen molar-refractivity contribution < 1.29 is 17.7 Å². The zero-order valence-corrected chi connectivity index (χ0v) is 17.0. The van der Waals surface area contributed by atoms with Gasteiger partial charge in [0.2, 0.25) is 5.89 Å². The lowest BCUT2D eigenvalue weighted by Gasteiger charge is -2.21. The first kappa shape index (κ1) is 23.5. The van der Waals surface area contributed by atoms with Crippen LogP contribution in [0.15, 0.2) is 22.7 Å². The number of rotatable bonds is 7. The van der Waals surface area contributed by atoms with E-state index in [1.807, 2.05) is 27.8 Å². The molecule has 0 amide bonds. The van der Waals surface area contributed by atoms with E-state index >= 15 is 0 Å². The van der Waals surface area contributed by atoms with Crippen LogP contribution in [0.4, 0.5) is 18.9 Å². The van der Waals surface area contributed by atoms with Crippen LogP contribution in [0.3, 0.4) is 0 Å². The molecule has 0 saturated carbocycles. The molecule has 0 aliphatic carbocycles. The van der Waals surface area contributed by atoms with Crippen LogP contribution in [0.5, 0.6) is 0 Å². The number of aromatic nitrogens is 2. The Kier molecular flexibility index (Phi) is 8.38. The molecule has 0 radical (unpaired) electrons. The van der Waals surface area contributed by atoms with Gasteiger partial charge in [-0.15, -0.1) is 12.4 Å². The topological polar surface area (TPSA) is 63.0 Å². The third kappa shape index (κ3) is 6.26. The number of hydrogen-bond donors (Lipinski definition) is 2. The van der Waals surface area contributed by atoms with Gasteiger partial charge in [-0.25, -0.2) is 0 Å². The number of alkyl halides is 3. The molecule has 0 bridgehead atoms. The molecule has 152 valence electrons. The van der Waals surface area contributed by atoms with Crippen LogP contribution in [0.2, 0.25) is 5.02 Å². The molecule has 27 heavy (non-hydrogen) atoms. The fourth-order valence-electron chi connectivity index (χ4n) is 2.34. The Morgan fingerprint density at radius 1 is 1.22 bits per heavy atom. The summed E-state index contributed by atoms with van der Waals surface area (Å²) in [5.41, 5.74) is -0.419. The Morgan fingerprint density at radius 3 is 2.41 bits per heavy atom. The second-order valence-electron chi connectivity index (χ2n) is 6.50. The highest BCUT2D eigenvalue weighted by Crippen LogP contribution is 2.35. The lowest BCUT2D eigenvalue weighted by molar-refractivity contribution is -0.137. The summed E-state index contributed by atoms with van der Waals surface area (Å²) in [6, 6.07) is 3.00. The third-order valence-electron chi connectivity index (χ3n) is 4.01. The lowest BCUT2D eigenvalue weighted by Crippen LogP contribution is -2.24. The molecule has 1 aromatic carbocycles. The van der Waals surface area contributed by atoms with Crippen molar-refractivity contribution in [1.29, 1.82) is 0 Å². The quantitative estimate of drug-likeness (QED) is 0.642. The maximum atomic E-state index is 12.8. The van der Waals surface area contributed by atoms with Crippen LogP contribution >= 0.6 is 24.0 Å². The Labute approximate surface area is 167 Å². The Balaban J connectivity index is 0.00000364. The number of likely N-dealkylation sites (N-methyl/N-ethyl adjacent to an activating group) is 1. The highest BCUT2D eigenvalue weighted by atomic mass is 35.5. The van der Waals surface area contributed by atoms with Crippen LogP contribution < -0.4 is 10.6 Å². The van der Waals surface area contributed by atoms with Gasteiger partial charge < -0.3 is 15.2 Å². The zero-order valence-electron chi connectivity index (χ0n) is 15.4. The molecule has 0 saturated heterocycles. The SMILES string of the molecule is CNC(C)Cc1noc(C(Nc2ccc(C(F)(F)F)cc2Cl)C(C)C)n1.Cl. The minimum atomic E-state index is -4.44. The van der Waals surface area contributed by atoms with Gasteiger partial charge in [0.25, 0.3) is 0 Å². The predicted octanol–water partition coefficient (Wildman–Crippen LogP) is 5.12. The summed E-state index contributed by atoms with van der Waals surface area (Å²) in [5.74, 6) is 0.977. The molecular weight excluding hydrogens is 404 g/mol. The van der Waals surface area contributed by atoms with Gasteiger partial charge in [-0.1, -0.05) is 30.6 Å². The van der Waals surface area contributed by atoms with Gasteiger partial charge >= 0.3 is 6.18 Å².